The number of hydrogen-bond acceptors (Lipinski definition) is 2. The van der Waals surface area contributed by atoms with Crippen LogP contribution in [0.2, 0.25) is 0 Å². The van der Waals surface area contributed by atoms with Crippen molar-refractivity contribution in [3.8, 4) is 0 Å². The lowest BCUT2D eigenvalue weighted by Crippen LogP contribution is -2.14. The molecule has 64 valence electrons. The molecule has 0 bridgehead atoms. The lowest BCUT2D eigenvalue weighted by atomic mass is 10.1. The number of pyridine rings is 1. The minimum absolute atomic E-state index is 0.233. The van der Waals surface area contributed by atoms with Crippen molar-refractivity contribution in [2.75, 3.05) is 0 Å². The molecule has 0 aliphatic rings. The van der Waals surface area contributed by atoms with Gasteiger partial charge in [0, 0.05) is 11.8 Å². The lowest BCUT2D eigenvalue weighted by molar-refractivity contribution is 0.110. The van der Waals surface area contributed by atoms with Crippen LogP contribution in [-0.4, -0.2) is 11.3 Å². The van der Waals surface area contributed by atoms with Crippen molar-refractivity contribution in [1.82, 2.24) is 4.98 Å². The van der Waals surface area contributed by atoms with Gasteiger partial charge in [-0.15, -0.1) is 0 Å². The molecule has 0 aromatic carbocycles. The summed E-state index contributed by atoms with van der Waals surface area (Å²) in [5.74, 6) is 0. The Hall–Kier alpha value is -1.52. The second-order valence-electron chi connectivity index (χ2n) is 2.09. The molecule has 5 heteroatoms. The van der Waals surface area contributed by atoms with Crippen molar-refractivity contribution >= 4 is 6.29 Å². The average molecular weight is 173 g/mol. The number of carbonyl (C=O) groups excluding carboxylic acids is 1. The Bertz CT molecular complexity index is 346. The molecule has 0 aliphatic heterocycles. The summed E-state index contributed by atoms with van der Waals surface area (Å²) >= 11 is 0. The molecule has 0 unspecified atom stereocenters. The van der Waals surface area contributed by atoms with Crippen molar-refractivity contribution in [2.24, 2.45) is 0 Å². The molecule has 0 radical (unpaired) electrons. The monoisotopic (exact) mass is 173 g/mol. The van der Waals surface area contributed by atoms with Gasteiger partial charge in [-0.25, -0.2) is 8.78 Å². The van der Waals surface area contributed by atoms with Gasteiger partial charge in [-0.3, -0.25) is 9.59 Å². The van der Waals surface area contributed by atoms with Crippen LogP contribution in [0.4, 0.5) is 8.78 Å². The number of rotatable bonds is 2. The normalized spacial score (nSPS) is 10.2. The largest absolute Gasteiger partial charge is 0.329 e. The van der Waals surface area contributed by atoms with E-state index in [1.54, 1.807) is 0 Å². The highest BCUT2D eigenvalue weighted by atomic mass is 19.3. The summed E-state index contributed by atoms with van der Waals surface area (Å²) in [5.41, 5.74) is -1.96. The van der Waals surface area contributed by atoms with Crippen molar-refractivity contribution < 1.29 is 13.6 Å². The highest BCUT2D eigenvalue weighted by Crippen LogP contribution is 2.16. The second-order valence-corrected chi connectivity index (χ2v) is 2.09. The van der Waals surface area contributed by atoms with Gasteiger partial charge in [-0.05, 0) is 6.07 Å². The van der Waals surface area contributed by atoms with Crippen molar-refractivity contribution in [3.63, 3.8) is 0 Å². The standard InChI is InChI=1S/C7H5F2NO2/c8-6(9)5-4(3-11)1-2-10-7(5)12/h1-3,6H,(H,10,12). The zero-order valence-electron chi connectivity index (χ0n) is 5.88. The summed E-state index contributed by atoms with van der Waals surface area (Å²) in [7, 11) is 0. The van der Waals surface area contributed by atoms with Gasteiger partial charge < -0.3 is 4.98 Å². The van der Waals surface area contributed by atoms with E-state index < -0.39 is 17.5 Å². The fourth-order valence-electron chi connectivity index (χ4n) is 0.834. The predicted octanol–water partition coefficient (Wildman–Crippen LogP) is 1.12. The van der Waals surface area contributed by atoms with Crippen LogP contribution in [0.5, 0.6) is 0 Å². The Balaban J connectivity index is 3.39. The zero-order valence-corrected chi connectivity index (χ0v) is 5.88. The fraction of sp³-hybridized carbons (Fsp3) is 0.143. The molecular weight excluding hydrogens is 168 g/mol. The molecule has 0 aliphatic carbocycles. The van der Waals surface area contributed by atoms with Gasteiger partial charge in [0.2, 0.25) is 0 Å². The number of carbonyl (C=O) groups is 1. The molecule has 1 aromatic heterocycles. The van der Waals surface area contributed by atoms with Gasteiger partial charge in [-0.2, -0.15) is 0 Å². The predicted molar refractivity (Wildman–Crippen MR) is 37.4 cm³/mol. The number of alkyl halides is 2. The van der Waals surface area contributed by atoms with E-state index in [-0.39, 0.29) is 11.8 Å². The molecule has 0 saturated carbocycles. The Morgan fingerprint density at radius 3 is 2.58 bits per heavy atom. The molecule has 0 atom stereocenters. The van der Waals surface area contributed by atoms with E-state index in [2.05, 4.69) is 4.98 Å². The number of aromatic nitrogens is 1. The third-order valence-electron chi connectivity index (χ3n) is 1.38. The Morgan fingerprint density at radius 1 is 1.50 bits per heavy atom. The van der Waals surface area contributed by atoms with E-state index in [4.69, 9.17) is 0 Å². The smallest absolute Gasteiger partial charge is 0.269 e. The maximum Gasteiger partial charge on any atom is 0.269 e. The van der Waals surface area contributed by atoms with E-state index in [0.717, 1.165) is 12.3 Å². The first-order valence-electron chi connectivity index (χ1n) is 3.11. The summed E-state index contributed by atoms with van der Waals surface area (Å²) in [5, 5.41) is 0. The van der Waals surface area contributed by atoms with Gasteiger partial charge in [0.25, 0.3) is 12.0 Å². The summed E-state index contributed by atoms with van der Waals surface area (Å²) in [6, 6.07) is 1.13. The van der Waals surface area contributed by atoms with Crippen LogP contribution in [0, 0.1) is 0 Å². The van der Waals surface area contributed by atoms with Crippen LogP contribution < -0.4 is 5.56 Å². The van der Waals surface area contributed by atoms with E-state index in [1.807, 2.05) is 0 Å². The summed E-state index contributed by atoms with van der Waals surface area (Å²) in [4.78, 5) is 23.0. The number of H-pyrrole nitrogens is 1. The van der Waals surface area contributed by atoms with Crippen LogP contribution >= 0.6 is 0 Å². The van der Waals surface area contributed by atoms with Crippen LogP contribution in [0.3, 0.4) is 0 Å². The third kappa shape index (κ3) is 1.39. The molecule has 3 nitrogen and oxygen atoms in total. The van der Waals surface area contributed by atoms with Gasteiger partial charge in [0.05, 0.1) is 5.56 Å². The Labute approximate surface area is 66.0 Å². The maximum absolute atomic E-state index is 12.1. The molecule has 0 amide bonds. The average Bonchev–Trinajstić information content (AvgIpc) is 2.03. The van der Waals surface area contributed by atoms with Gasteiger partial charge >= 0.3 is 0 Å². The summed E-state index contributed by atoms with van der Waals surface area (Å²) < 4.78 is 24.2. The number of aromatic amines is 1. The topological polar surface area (TPSA) is 49.9 Å². The van der Waals surface area contributed by atoms with Crippen LogP contribution in [0.25, 0.3) is 0 Å². The molecule has 1 N–H and O–H groups in total. The van der Waals surface area contributed by atoms with Gasteiger partial charge in [-0.1, -0.05) is 0 Å². The van der Waals surface area contributed by atoms with Crippen LogP contribution in [-0.2, 0) is 0 Å². The first-order chi connectivity index (χ1) is 5.66. The molecule has 1 aromatic rings. The highest BCUT2D eigenvalue weighted by Gasteiger charge is 2.16. The third-order valence-corrected chi connectivity index (χ3v) is 1.38. The molecule has 0 spiro atoms. The molecular formula is C7H5F2NO2. The molecule has 1 heterocycles. The number of halogens is 2. The minimum Gasteiger partial charge on any atom is -0.329 e. The van der Waals surface area contributed by atoms with Crippen LogP contribution in [0.1, 0.15) is 22.3 Å². The van der Waals surface area contributed by atoms with Crippen LogP contribution in [0.15, 0.2) is 17.1 Å². The Kier molecular flexibility index (Phi) is 2.32. The summed E-state index contributed by atoms with van der Waals surface area (Å²) in [6.45, 7) is 0. The van der Waals surface area contributed by atoms with E-state index in [0.29, 0.717) is 0 Å². The fourth-order valence-corrected chi connectivity index (χ4v) is 0.834. The molecule has 0 fully saturated rings. The number of aldehydes is 1. The SMILES string of the molecule is O=Cc1cc[nH]c(=O)c1C(F)F. The summed E-state index contributed by atoms with van der Waals surface area (Å²) in [6.07, 6.45) is -1.54. The van der Waals surface area contributed by atoms with E-state index in [9.17, 15) is 18.4 Å². The van der Waals surface area contributed by atoms with Crippen molar-refractivity contribution in [2.45, 2.75) is 6.43 Å². The van der Waals surface area contributed by atoms with Gasteiger partial charge in [0.15, 0.2) is 6.29 Å². The number of hydrogen-bond donors (Lipinski definition) is 1. The Morgan fingerprint density at radius 2 is 2.17 bits per heavy atom. The van der Waals surface area contributed by atoms with E-state index in [1.165, 1.54) is 0 Å². The molecule has 1 rings (SSSR count). The van der Waals surface area contributed by atoms with Crippen molar-refractivity contribution in [1.29, 1.82) is 0 Å². The van der Waals surface area contributed by atoms with Crippen molar-refractivity contribution in [3.05, 3.63) is 33.7 Å². The minimum atomic E-state index is -2.92. The highest BCUT2D eigenvalue weighted by molar-refractivity contribution is 5.76. The maximum atomic E-state index is 12.1. The number of nitrogens with one attached hydrogen (secondary N) is 1. The molecule has 0 saturated heterocycles. The first kappa shape index (κ1) is 8.58. The quantitative estimate of drug-likeness (QED) is 0.681. The lowest BCUT2D eigenvalue weighted by Gasteiger charge is -1.99. The molecule has 12 heavy (non-hydrogen) atoms. The van der Waals surface area contributed by atoms with Gasteiger partial charge in [0.1, 0.15) is 0 Å². The zero-order chi connectivity index (χ0) is 9.14. The van der Waals surface area contributed by atoms with E-state index >= 15 is 0 Å². The second kappa shape index (κ2) is 3.25. The first-order valence-corrected chi connectivity index (χ1v) is 3.11.